The van der Waals surface area contributed by atoms with Crippen LogP contribution in [-0.2, 0) is 0 Å². The van der Waals surface area contributed by atoms with Crippen LogP contribution in [0.4, 0.5) is 5.69 Å². The van der Waals surface area contributed by atoms with E-state index in [1.165, 1.54) is 11.3 Å². The number of carbonyl (C=O) groups is 1. The Labute approximate surface area is 110 Å². The van der Waals surface area contributed by atoms with E-state index in [0.717, 1.165) is 4.60 Å². The van der Waals surface area contributed by atoms with Crippen molar-refractivity contribution in [1.82, 2.24) is 4.98 Å². The smallest absolute Gasteiger partial charge is 0.265 e. The minimum Gasteiger partial charge on any atom is -0.320 e. The zero-order chi connectivity index (χ0) is 11.5. The van der Waals surface area contributed by atoms with E-state index in [2.05, 4.69) is 26.2 Å². The van der Waals surface area contributed by atoms with Crippen LogP contribution >= 0.6 is 38.9 Å². The highest BCUT2D eigenvalue weighted by atomic mass is 79.9. The van der Waals surface area contributed by atoms with Crippen LogP contribution < -0.4 is 5.32 Å². The summed E-state index contributed by atoms with van der Waals surface area (Å²) >= 11 is 10.2. The number of hydrogen-bond donors (Lipinski definition) is 1. The Morgan fingerprint density at radius 2 is 2.19 bits per heavy atom. The van der Waals surface area contributed by atoms with Crippen molar-refractivity contribution in [2.24, 2.45) is 0 Å². The van der Waals surface area contributed by atoms with Gasteiger partial charge in [-0.25, -0.2) is 4.98 Å². The van der Waals surface area contributed by atoms with E-state index in [9.17, 15) is 4.79 Å². The van der Waals surface area contributed by atoms with Crippen LogP contribution in [0.1, 0.15) is 9.67 Å². The molecule has 6 heteroatoms. The van der Waals surface area contributed by atoms with E-state index < -0.39 is 0 Å². The van der Waals surface area contributed by atoms with Crippen molar-refractivity contribution in [3.05, 3.63) is 44.3 Å². The van der Waals surface area contributed by atoms with Crippen LogP contribution in [0.3, 0.4) is 0 Å². The molecule has 2 rings (SSSR count). The molecule has 82 valence electrons. The monoisotopic (exact) mass is 316 g/mol. The lowest BCUT2D eigenvalue weighted by Crippen LogP contribution is -2.10. The quantitative estimate of drug-likeness (QED) is 0.856. The second-order valence-corrected chi connectivity index (χ2v) is 5.46. The molecule has 0 spiro atoms. The average molecular weight is 318 g/mol. The highest BCUT2D eigenvalue weighted by Gasteiger charge is 2.08. The van der Waals surface area contributed by atoms with Gasteiger partial charge in [0.15, 0.2) is 0 Å². The molecule has 1 N–H and O–H groups in total. The number of anilines is 1. The highest BCUT2D eigenvalue weighted by molar-refractivity contribution is 9.10. The summed E-state index contributed by atoms with van der Waals surface area (Å²) in [5, 5.41) is 2.73. The van der Waals surface area contributed by atoms with Crippen LogP contribution in [0, 0.1) is 0 Å². The van der Waals surface area contributed by atoms with Crippen LogP contribution in [-0.4, -0.2) is 10.9 Å². The number of halogens is 2. The summed E-state index contributed by atoms with van der Waals surface area (Å²) in [6, 6.07) is 6.91. The first-order chi connectivity index (χ1) is 7.65. The van der Waals surface area contributed by atoms with Gasteiger partial charge in [0, 0.05) is 0 Å². The molecule has 0 radical (unpaired) electrons. The van der Waals surface area contributed by atoms with Crippen molar-refractivity contribution >= 4 is 50.5 Å². The van der Waals surface area contributed by atoms with Crippen molar-refractivity contribution < 1.29 is 4.79 Å². The SMILES string of the molecule is O=C(Nc1ccc(Br)nc1)c1ccc(Cl)s1. The third-order valence-electron chi connectivity index (χ3n) is 1.78. The molecule has 2 aromatic rings. The molecular formula is C10H6BrClN2OS. The lowest BCUT2D eigenvalue weighted by Gasteiger charge is -2.02. The predicted molar refractivity (Wildman–Crippen MR) is 69.2 cm³/mol. The fourth-order valence-electron chi connectivity index (χ4n) is 1.08. The zero-order valence-corrected chi connectivity index (χ0v) is 11.1. The Morgan fingerprint density at radius 1 is 1.38 bits per heavy atom. The fraction of sp³-hybridized carbons (Fsp3) is 0. The molecule has 0 aliphatic carbocycles. The molecule has 0 saturated heterocycles. The van der Waals surface area contributed by atoms with Gasteiger partial charge < -0.3 is 5.32 Å². The van der Waals surface area contributed by atoms with Crippen LogP contribution in [0.25, 0.3) is 0 Å². The van der Waals surface area contributed by atoms with Crippen LogP contribution in [0.5, 0.6) is 0 Å². The van der Waals surface area contributed by atoms with E-state index in [-0.39, 0.29) is 5.91 Å². The normalized spacial score (nSPS) is 10.1. The first-order valence-corrected chi connectivity index (χ1v) is 6.32. The van der Waals surface area contributed by atoms with E-state index >= 15 is 0 Å². The first kappa shape index (κ1) is 11.6. The van der Waals surface area contributed by atoms with E-state index in [1.54, 1.807) is 30.5 Å². The largest absolute Gasteiger partial charge is 0.320 e. The first-order valence-electron chi connectivity index (χ1n) is 4.33. The molecule has 1 amide bonds. The second kappa shape index (κ2) is 4.95. The van der Waals surface area contributed by atoms with Gasteiger partial charge in [0.2, 0.25) is 0 Å². The summed E-state index contributed by atoms with van der Waals surface area (Å²) in [5.41, 5.74) is 0.651. The Balaban J connectivity index is 2.10. The van der Waals surface area contributed by atoms with Crippen molar-refractivity contribution in [1.29, 1.82) is 0 Å². The number of pyridine rings is 1. The van der Waals surface area contributed by atoms with Gasteiger partial charge in [-0.05, 0) is 40.2 Å². The minimum absolute atomic E-state index is 0.180. The predicted octanol–water partition coefficient (Wildman–Crippen LogP) is 3.81. The van der Waals surface area contributed by atoms with Gasteiger partial charge in [0.25, 0.3) is 5.91 Å². The lowest BCUT2D eigenvalue weighted by atomic mass is 10.4. The molecular weight excluding hydrogens is 312 g/mol. The Bertz CT molecular complexity index is 512. The number of hydrogen-bond acceptors (Lipinski definition) is 3. The molecule has 16 heavy (non-hydrogen) atoms. The number of nitrogens with zero attached hydrogens (tertiary/aromatic N) is 1. The lowest BCUT2D eigenvalue weighted by molar-refractivity contribution is 0.103. The summed E-state index contributed by atoms with van der Waals surface area (Å²) in [6.07, 6.45) is 1.58. The molecule has 0 fully saturated rings. The molecule has 2 heterocycles. The number of aromatic nitrogens is 1. The third-order valence-corrected chi connectivity index (χ3v) is 3.48. The highest BCUT2D eigenvalue weighted by Crippen LogP contribution is 2.22. The maximum absolute atomic E-state index is 11.7. The molecule has 0 unspecified atom stereocenters. The molecule has 0 atom stereocenters. The van der Waals surface area contributed by atoms with Gasteiger partial charge >= 0.3 is 0 Å². The summed E-state index contributed by atoms with van der Waals surface area (Å²) < 4.78 is 1.32. The van der Waals surface area contributed by atoms with Crippen LogP contribution in [0.15, 0.2) is 35.1 Å². The summed E-state index contributed by atoms with van der Waals surface area (Å²) in [7, 11) is 0. The molecule has 0 aliphatic heterocycles. The molecule has 0 saturated carbocycles. The summed E-state index contributed by atoms with van der Waals surface area (Å²) in [4.78, 5) is 16.3. The van der Waals surface area contributed by atoms with E-state index in [4.69, 9.17) is 11.6 Å². The third kappa shape index (κ3) is 2.81. The van der Waals surface area contributed by atoms with Gasteiger partial charge in [-0.3, -0.25) is 4.79 Å². The Morgan fingerprint density at radius 3 is 2.75 bits per heavy atom. The van der Waals surface area contributed by atoms with Gasteiger partial charge in [-0.2, -0.15) is 0 Å². The molecule has 0 aromatic carbocycles. The molecule has 0 aliphatic rings. The zero-order valence-electron chi connectivity index (χ0n) is 7.91. The van der Waals surface area contributed by atoms with E-state index in [1.807, 2.05) is 0 Å². The molecule has 2 aromatic heterocycles. The Kier molecular flexibility index (Phi) is 3.58. The van der Waals surface area contributed by atoms with Crippen molar-refractivity contribution in [2.45, 2.75) is 0 Å². The number of thiophene rings is 1. The summed E-state index contributed by atoms with van der Waals surface area (Å²) in [6.45, 7) is 0. The van der Waals surface area contributed by atoms with Gasteiger partial charge in [0.1, 0.15) is 4.60 Å². The number of amides is 1. The minimum atomic E-state index is -0.180. The van der Waals surface area contributed by atoms with Crippen LogP contribution in [0.2, 0.25) is 4.34 Å². The van der Waals surface area contributed by atoms with Crippen molar-refractivity contribution in [2.75, 3.05) is 5.32 Å². The Hall–Kier alpha value is -0.910. The number of nitrogens with one attached hydrogen (secondary N) is 1. The number of rotatable bonds is 2. The average Bonchev–Trinajstić information content (AvgIpc) is 2.68. The standard InChI is InChI=1S/C10H6BrClN2OS/c11-8-3-1-6(5-13-8)14-10(15)7-2-4-9(12)16-7/h1-5H,(H,14,15). The number of carbonyl (C=O) groups excluding carboxylic acids is 1. The molecule has 3 nitrogen and oxygen atoms in total. The van der Waals surface area contributed by atoms with Crippen molar-refractivity contribution in [3.8, 4) is 0 Å². The van der Waals surface area contributed by atoms with Gasteiger partial charge in [0.05, 0.1) is 21.1 Å². The molecule has 0 bridgehead atoms. The maximum Gasteiger partial charge on any atom is 0.265 e. The topological polar surface area (TPSA) is 42.0 Å². The maximum atomic E-state index is 11.7. The second-order valence-electron chi connectivity index (χ2n) is 2.93. The fourth-order valence-corrected chi connectivity index (χ4v) is 2.25. The van der Waals surface area contributed by atoms with E-state index in [0.29, 0.717) is 14.9 Å². The summed E-state index contributed by atoms with van der Waals surface area (Å²) in [5.74, 6) is -0.180. The van der Waals surface area contributed by atoms with Gasteiger partial charge in [-0.1, -0.05) is 11.6 Å². The van der Waals surface area contributed by atoms with Gasteiger partial charge in [-0.15, -0.1) is 11.3 Å². The van der Waals surface area contributed by atoms with Crippen molar-refractivity contribution in [3.63, 3.8) is 0 Å².